The predicted molar refractivity (Wildman–Crippen MR) is 109 cm³/mol. The minimum atomic E-state index is -0.395. The van der Waals surface area contributed by atoms with E-state index in [1.165, 1.54) is 16.4 Å². The highest BCUT2D eigenvalue weighted by atomic mass is 16.5. The van der Waals surface area contributed by atoms with Crippen molar-refractivity contribution in [2.45, 2.75) is 6.54 Å². The van der Waals surface area contributed by atoms with E-state index in [2.05, 4.69) is 15.7 Å². The number of ether oxygens (including phenoxy) is 2. The van der Waals surface area contributed by atoms with E-state index < -0.39 is 6.03 Å². The van der Waals surface area contributed by atoms with Gasteiger partial charge < -0.3 is 20.1 Å². The van der Waals surface area contributed by atoms with Gasteiger partial charge in [-0.25, -0.2) is 14.3 Å². The van der Waals surface area contributed by atoms with Gasteiger partial charge in [-0.1, -0.05) is 12.1 Å². The summed E-state index contributed by atoms with van der Waals surface area (Å²) < 4.78 is 13.1. The van der Waals surface area contributed by atoms with Gasteiger partial charge in [0.2, 0.25) is 0 Å². The fourth-order valence-corrected chi connectivity index (χ4v) is 2.81. The molecule has 9 nitrogen and oxygen atoms in total. The number of methoxy groups -OCH3 is 2. The van der Waals surface area contributed by atoms with E-state index in [9.17, 15) is 9.59 Å². The molecule has 0 fully saturated rings. The molecule has 0 bridgehead atoms. The third-order valence-electron chi connectivity index (χ3n) is 4.35. The summed E-state index contributed by atoms with van der Waals surface area (Å²) in [7, 11) is 4.79. The number of nitrogens with one attached hydrogen (secondary N) is 2. The number of benzene rings is 2. The van der Waals surface area contributed by atoms with Crippen LogP contribution in [0.3, 0.4) is 0 Å². The van der Waals surface area contributed by atoms with Crippen molar-refractivity contribution >= 4 is 11.7 Å². The molecule has 2 aromatic carbocycles. The minimum Gasteiger partial charge on any atom is -0.497 e. The van der Waals surface area contributed by atoms with E-state index in [1.807, 2.05) is 30.3 Å². The Morgan fingerprint density at radius 3 is 2.48 bits per heavy atom. The summed E-state index contributed by atoms with van der Waals surface area (Å²) in [5.41, 5.74) is 1.10. The molecule has 0 unspecified atom stereocenters. The molecule has 0 radical (unpaired) electrons. The van der Waals surface area contributed by atoms with Gasteiger partial charge in [-0.2, -0.15) is 0 Å². The highest BCUT2D eigenvalue weighted by molar-refractivity contribution is 5.90. The van der Waals surface area contributed by atoms with Gasteiger partial charge in [0.15, 0.2) is 5.82 Å². The average Bonchev–Trinajstić information content (AvgIpc) is 3.03. The van der Waals surface area contributed by atoms with Crippen LogP contribution in [0.4, 0.5) is 10.5 Å². The lowest BCUT2D eigenvalue weighted by atomic mass is 10.2. The van der Waals surface area contributed by atoms with Crippen LogP contribution in [0.5, 0.6) is 11.5 Å². The molecule has 3 aromatic rings. The Morgan fingerprint density at radius 2 is 1.79 bits per heavy atom. The lowest BCUT2D eigenvalue weighted by Crippen LogP contribution is -2.34. The molecule has 0 atom stereocenters. The second-order valence-corrected chi connectivity index (χ2v) is 6.20. The zero-order valence-electron chi connectivity index (χ0n) is 16.5. The maximum absolute atomic E-state index is 12.4. The maximum Gasteiger partial charge on any atom is 0.345 e. The summed E-state index contributed by atoms with van der Waals surface area (Å²) >= 11 is 0. The van der Waals surface area contributed by atoms with Crippen molar-refractivity contribution in [3.8, 4) is 22.9 Å². The first-order chi connectivity index (χ1) is 14.0. The number of para-hydroxylation sites is 2. The molecule has 0 aliphatic rings. The van der Waals surface area contributed by atoms with Crippen LogP contribution in [-0.2, 0) is 13.6 Å². The molecule has 3 rings (SSSR count). The largest absolute Gasteiger partial charge is 0.497 e. The van der Waals surface area contributed by atoms with Crippen molar-refractivity contribution in [3.63, 3.8) is 0 Å². The topological polar surface area (TPSA) is 99.4 Å². The van der Waals surface area contributed by atoms with Crippen LogP contribution in [0, 0.1) is 0 Å². The van der Waals surface area contributed by atoms with Gasteiger partial charge in [0, 0.05) is 19.2 Å². The van der Waals surface area contributed by atoms with E-state index in [1.54, 1.807) is 32.4 Å². The van der Waals surface area contributed by atoms with Crippen LogP contribution in [0.15, 0.2) is 53.3 Å². The second kappa shape index (κ2) is 8.96. The quantitative estimate of drug-likeness (QED) is 0.636. The number of urea groups is 1. The lowest BCUT2D eigenvalue weighted by Gasteiger charge is -2.10. The molecule has 152 valence electrons. The molecule has 0 aliphatic carbocycles. The summed E-state index contributed by atoms with van der Waals surface area (Å²) in [6, 6.07) is 14.0. The van der Waals surface area contributed by atoms with Crippen LogP contribution in [0.1, 0.15) is 0 Å². The van der Waals surface area contributed by atoms with E-state index >= 15 is 0 Å². The number of amides is 2. The van der Waals surface area contributed by atoms with E-state index in [0.29, 0.717) is 17.3 Å². The Labute approximate surface area is 167 Å². The van der Waals surface area contributed by atoms with E-state index in [0.717, 1.165) is 11.3 Å². The van der Waals surface area contributed by atoms with Gasteiger partial charge in [0.1, 0.15) is 11.5 Å². The number of hydrogen-bond donors (Lipinski definition) is 2. The Hall–Kier alpha value is -3.75. The second-order valence-electron chi connectivity index (χ2n) is 6.20. The normalized spacial score (nSPS) is 10.4. The van der Waals surface area contributed by atoms with Crippen LogP contribution < -0.4 is 25.8 Å². The fraction of sp³-hybridized carbons (Fsp3) is 0.250. The first kappa shape index (κ1) is 20.0. The molecule has 29 heavy (non-hydrogen) atoms. The van der Waals surface area contributed by atoms with Crippen LogP contribution in [-0.4, -0.2) is 41.1 Å². The van der Waals surface area contributed by atoms with Crippen LogP contribution in [0.2, 0.25) is 0 Å². The summed E-state index contributed by atoms with van der Waals surface area (Å²) in [5.74, 6) is 1.83. The van der Waals surface area contributed by atoms with Crippen molar-refractivity contribution in [2.24, 2.45) is 7.05 Å². The Morgan fingerprint density at radius 1 is 1.07 bits per heavy atom. The first-order valence-electron chi connectivity index (χ1n) is 8.99. The Balaban J connectivity index is 1.62. The monoisotopic (exact) mass is 397 g/mol. The number of hydrogen-bond acceptors (Lipinski definition) is 5. The van der Waals surface area contributed by atoms with E-state index in [-0.39, 0.29) is 18.8 Å². The number of aromatic nitrogens is 3. The average molecular weight is 397 g/mol. The first-order valence-corrected chi connectivity index (χ1v) is 8.99. The molecule has 0 saturated carbocycles. The van der Waals surface area contributed by atoms with Crippen LogP contribution >= 0.6 is 0 Å². The Bertz CT molecular complexity index is 1040. The molecule has 1 aromatic heterocycles. The maximum atomic E-state index is 12.4. The SMILES string of the molecule is COc1ccc(-c2nn(CCNC(=O)Nc3ccccc3OC)c(=O)n2C)cc1. The molecule has 2 N–H and O–H groups in total. The van der Waals surface area contributed by atoms with Gasteiger partial charge in [0.25, 0.3) is 0 Å². The van der Waals surface area contributed by atoms with Crippen molar-refractivity contribution in [3.05, 3.63) is 59.0 Å². The lowest BCUT2D eigenvalue weighted by molar-refractivity contribution is 0.251. The predicted octanol–water partition coefficient (Wildman–Crippen LogP) is 2.09. The molecule has 1 heterocycles. The van der Waals surface area contributed by atoms with Crippen molar-refractivity contribution < 1.29 is 14.3 Å². The summed E-state index contributed by atoms with van der Waals surface area (Å²) in [6.45, 7) is 0.474. The highest BCUT2D eigenvalue weighted by Crippen LogP contribution is 2.22. The number of rotatable bonds is 7. The van der Waals surface area contributed by atoms with Gasteiger partial charge in [0.05, 0.1) is 26.5 Å². The minimum absolute atomic E-state index is 0.236. The highest BCUT2D eigenvalue weighted by Gasteiger charge is 2.13. The zero-order chi connectivity index (χ0) is 20.8. The number of anilines is 1. The van der Waals surface area contributed by atoms with Crippen molar-refractivity contribution in [2.75, 3.05) is 26.1 Å². The summed E-state index contributed by atoms with van der Waals surface area (Å²) in [5, 5.41) is 9.80. The summed E-state index contributed by atoms with van der Waals surface area (Å²) in [4.78, 5) is 24.5. The number of carbonyl (C=O) groups excluding carboxylic acids is 1. The van der Waals surface area contributed by atoms with E-state index in [4.69, 9.17) is 9.47 Å². The molecule has 0 aliphatic heterocycles. The molecule has 9 heteroatoms. The zero-order valence-corrected chi connectivity index (χ0v) is 16.5. The molecule has 0 saturated heterocycles. The third kappa shape index (κ3) is 4.57. The van der Waals surface area contributed by atoms with Gasteiger partial charge >= 0.3 is 11.7 Å². The van der Waals surface area contributed by atoms with Gasteiger partial charge in [-0.15, -0.1) is 5.10 Å². The Kier molecular flexibility index (Phi) is 6.18. The number of nitrogens with zero attached hydrogens (tertiary/aromatic N) is 3. The van der Waals surface area contributed by atoms with Crippen molar-refractivity contribution in [1.82, 2.24) is 19.7 Å². The van der Waals surface area contributed by atoms with Crippen molar-refractivity contribution in [1.29, 1.82) is 0 Å². The molecular weight excluding hydrogens is 374 g/mol. The van der Waals surface area contributed by atoms with Gasteiger partial charge in [-0.3, -0.25) is 4.57 Å². The smallest absolute Gasteiger partial charge is 0.345 e. The van der Waals surface area contributed by atoms with Crippen LogP contribution in [0.25, 0.3) is 11.4 Å². The standard InChI is InChI=1S/C20H23N5O4/c1-24-18(14-8-10-15(28-2)11-9-14)23-25(20(24)27)13-12-21-19(26)22-16-6-4-5-7-17(16)29-3/h4-11H,12-13H2,1-3H3,(H2,21,22,26). The third-order valence-corrected chi connectivity index (χ3v) is 4.35. The number of carbonyl (C=O) groups is 1. The fourth-order valence-electron chi connectivity index (χ4n) is 2.81. The molecule has 2 amide bonds. The van der Waals surface area contributed by atoms with Gasteiger partial charge in [-0.05, 0) is 36.4 Å². The molecule has 0 spiro atoms. The summed E-state index contributed by atoms with van der Waals surface area (Å²) in [6.07, 6.45) is 0. The molecular formula is C20H23N5O4.